The van der Waals surface area contributed by atoms with E-state index in [2.05, 4.69) is 10.6 Å². The Morgan fingerprint density at radius 2 is 1.08 bits per heavy atom. The van der Waals surface area contributed by atoms with Gasteiger partial charge < -0.3 is 20.1 Å². The van der Waals surface area contributed by atoms with E-state index < -0.39 is 0 Å². The van der Waals surface area contributed by atoms with Crippen molar-refractivity contribution in [3.05, 3.63) is 48.5 Å². The van der Waals surface area contributed by atoms with E-state index >= 15 is 0 Å². The first-order valence-corrected chi connectivity index (χ1v) is 8.04. The van der Waals surface area contributed by atoms with Gasteiger partial charge in [0.1, 0.15) is 11.5 Å². The minimum Gasteiger partial charge on any atom is -0.493 e. The number of amides is 2. The Hall–Kier alpha value is -3.02. The maximum absolute atomic E-state index is 10.9. The Morgan fingerprint density at radius 3 is 1.40 bits per heavy atom. The van der Waals surface area contributed by atoms with Crippen LogP contribution in [0.5, 0.6) is 11.5 Å². The summed E-state index contributed by atoms with van der Waals surface area (Å²) in [6, 6.07) is 14.4. The van der Waals surface area contributed by atoms with Crippen LogP contribution in [0.2, 0.25) is 0 Å². The van der Waals surface area contributed by atoms with Crippen LogP contribution in [0.3, 0.4) is 0 Å². The summed E-state index contributed by atoms with van der Waals surface area (Å²) in [6.45, 7) is 4.00. The van der Waals surface area contributed by atoms with Gasteiger partial charge in [-0.25, -0.2) is 0 Å². The zero-order chi connectivity index (χ0) is 18.1. The van der Waals surface area contributed by atoms with E-state index in [1.165, 1.54) is 13.8 Å². The second kappa shape index (κ2) is 9.32. The molecule has 2 rings (SSSR count). The molecule has 0 aliphatic heterocycles. The molecular formula is C19H22N2O4. The number of benzene rings is 2. The summed E-state index contributed by atoms with van der Waals surface area (Å²) in [6.07, 6.45) is 0.737. The smallest absolute Gasteiger partial charge is 0.221 e. The summed E-state index contributed by atoms with van der Waals surface area (Å²) in [5, 5.41) is 5.41. The predicted octanol–water partition coefficient (Wildman–Crippen LogP) is 3.45. The lowest BCUT2D eigenvalue weighted by Crippen LogP contribution is -2.07. The third-order valence-corrected chi connectivity index (χ3v) is 3.18. The molecule has 0 saturated carbocycles. The van der Waals surface area contributed by atoms with Gasteiger partial charge in [-0.1, -0.05) is 0 Å². The van der Waals surface area contributed by atoms with Gasteiger partial charge in [0.05, 0.1) is 13.2 Å². The van der Waals surface area contributed by atoms with E-state index in [0.29, 0.717) is 13.2 Å². The highest BCUT2D eigenvalue weighted by molar-refractivity contribution is 5.89. The van der Waals surface area contributed by atoms with Crippen LogP contribution in [-0.2, 0) is 9.59 Å². The second-order valence-corrected chi connectivity index (χ2v) is 5.46. The zero-order valence-electron chi connectivity index (χ0n) is 14.4. The molecule has 0 fully saturated rings. The van der Waals surface area contributed by atoms with E-state index in [9.17, 15) is 9.59 Å². The Bertz CT molecular complexity index is 635. The lowest BCUT2D eigenvalue weighted by atomic mass is 10.3. The van der Waals surface area contributed by atoms with Gasteiger partial charge in [0.2, 0.25) is 11.8 Å². The minimum absolute atomic E-state index is 0.101. The van der Waals surface area contributed by atoms with Crippen molar-refractivity contribution in [2.45, 2.75) is 20.3 Å². The molecule has 0 heterocycles. The number of carbonyl (C=O) groups excluding carboxylic acids is 2. The topological polar surface area (TPSA) is 76.7 Å². The van der Waals surface area contributed by atoms with Crippen LogP contribution in [0, 0.1) is 0 Å². The van der Waals surface area contributed by atoms with Crippen molar-refractivity contribution in [2.75, 3.05) is 23.8 Å². The van der Waals surface area contributed by atoms with Crippen molar-refractivity contribution in [1.29, 1.82) is 0 Å². The van der Waals surface area contributed by atoms with Gasteiger partial charge in [-0.05, 0) is 48.5 Å². The fraction of sp³-hybridized carbons (Fsp3) is 0.263. The molecule has 2 aromatic carbocycles. The Morgan fingerprint density at radius 1 is 0.720 bits per heavy atom. The maximum Gasteiger partial charge on any atom is 0.221 e. The van der Waals surface area contributed by atoms with Crippen molar-refractivity contribution in [3.8, 4) is 11.5 Å². The Labute approximate surface area is 147 Å². The summed E-state index contributed by atoms with van der Waals surface area (Å²) < 4.78 is 11.3. The predicted molar refractivity (Wildman–Crippen MR) is 97.1 cm³/mol. The fourth-order valence-electron chi connectivity index (χ4n) is 2.11. The molecule has 2 N–H and O–H groups in total. The zero-order valence-corrected chi connectivity index (χ0v) is 14.4. The molecule has 0 bridgehead atoms. The Kier molecular flexibility index (Phi) is 6.83. The van der Waals surface area contributed by atoms with Gasteiger partial charge in [0.25, 0.3) is 0 Å². The molecule has 6 nitrogen and oxygen atoms in total. The van der Waals surface area contributed by atoms with E-state index in [-0.39, 0.29) is 11.8 Å². The van der Waals surface area contributed by atoms with Crippen molar-refractivity contribution in [3.63, 3.8) is 0 Å². The summed E-state index contributed by atoms with van der Waals surface area (Å²) in [5.74, 6) is 1.29. The lowest BCUT2D eigenvalue weighted by Gasteiger charge is -2.09. The highest BCUT2D eigenvalue weighted by Gasteiger charge is 1.99. The van der Waals surface area contributed by atoms with Crippen molar-refractivity contribution in [2.24, 2.45) is 0 Å². The van der Waals surface area contributed by atoms with Gasteiger partial charge >= 0.3 is 0 Å². The van der Waals surface area contributed by atoms with Crippen LogP contribution in [0.4, 0.5) is 11.4 Å². The molecular weight excluding hydrogens is 320 g/mol. The first-order valence-electron chi connectivity index (χ1n) is 8.04. The highest BCUT2D eigenvalue weighted by Crippen LogP contribution is 2.17. The number of hydrogen-bond donors (Lipinski definition) is 2. The molecule has 0 atom stereocenters. The van der Waals surface area contributed by atoms with E-state index in [1.807, 2.05) is 24.3 Å². The van der Waals surface area contributed by atoms with Gasteiger partial charge in [0, 0.05) is 31.6 Å². The van der Waals surface area contributed by atoms with Gasteiger partial charge in [-0.3, -0.25) is 9.59 Å². The van der Waals surface area contributed by atoms with Crippen molar-refractivity contribution < 1.29 is 19.1 Å². The number of rotatable bonds is 8. The Balaban J connectivity index is 1.66. The van der Waals surface area contributed by atoms with Crippen LogP contribution in [-0.4, -0.2) is 25.0 Å². The molecule has 0 spiro atoms. The largest absolute Gasteiger partial charge is 0.493 e. The number of hydrogen-bond acceptors (Lipinski definition) is 4. The summed E-state index contributed by atoms with van der Waals surface area (Å²) in [7, 11) is 0. The number of carbonyl (C=O) groups is 2. The summed E-state index contributed by atoms with van der Waals surface area (Å²) in [4.78, 5) is 21.9. The van der Waals surface area contributed by atoms with Gasteiger partial charge in [0.15, 0.2) is 0 Å². The number of ether oxygens (including phenoxy) is 2. The van der Waals surface area contributed by atoms with E-state index in [1.54, 1.807) is 24.3 Å². The quantitative estimate of drug-likeness (QED) is 0.721. The van der Waals surface area contributed by atoms with Gasteiger partial charge in [-0.2, -0.15) is 0 Å². The molecule has 0 radical (unpaired) electrons. The monoisotopic (exact) mass is 342 g/mol. The molecule has 25 heavy (non-hydrogen) atoms. The number of anilines is 2. The van der Waals surface area contributed by atoms with E-state index in [4.69, 9.17) is 9.47 Å². The average molecular weight is 342 g/mol. The standard InChI is InChI=1S/C19H22N2O4/c1-14(22)20-16-4-8-18(9-5-16)24-12-3-13-25-19-10-6-17(7-11-19)21-15(2)23/h4-11H,3,12-13H2,1-2H3,(H,20,22)(H,21,23). The first kappa shape index (κ1) is 18.3. The minimum atomic E-state index is -0.101. The third-order valence-electron chi connectivity index (χ3n) is 3.18. The molecule has 0 aliphatic rings. The normalized spacial score (nSPS) is 10.0. The first-order chi connectivity index (χ1) is 12.0. The molecule has 132 valence electrons. The van der Waals surface area contributed by atoms with Gasteiger partial charge in [-0.15, -0.1) is 0 Å². The SMILES string of the molecule is CC(=O)Nc1ccc(OCCCOc2ccc(NC(C)=O)cc2)cc1. The number of nitrogens with one attached hydrogen (secondary N) is 2. The fourth-order valence-corrected chi connectivity index (χ4v) is 2.11. The molecule has 2 aromatic rings. The maximum atomic E-state index is 10.9. The van der Waals surface area contributed by atoms with Crippen LogP contribution in [0.1, 0.15) is 20.3 Å². The average Bonchev–Trinajstić information content (AvgIpc) is 2.56. The van der Waals surface area contributed by atoms with Crippen LogP contribution in [0.15, 0.2) is 48.5 Å². The summed E-state index contributed by atoms with van der Waals surface area (Å²) >= 11 is 0. The van der Waals surface area contributed by atoms with Crippen molar-refractivity contribution >= 4 is 23.2 Å². The van der Waals surface area contributed by atoms with Crippen LogP contribution in [0.25, 0.3) is 0 Å². The molecule has 0 aliphatic carbocycles. The molecule has 0 saturated heterocycles. The van der Waals surface area contributed by atoms with Crippen molar-refractivity contribution in [1.82, 2.24) is 0 Å². The highest BCUT2D eigenvalue weighted by atomic mass is 16.5. The second-order valence-electron chi connectivity index (χ2n) is 5.46. The van der Waals surface area contributed by atoms with Crippen LogP contribution < -0.4 is 20.1 Å². The summed E-state index contributed by atoms with van der Waals surface area (Å²) in [5.41, 5.74) is 1.48. The third kappa shape index (κ3) is 6.95. The van der Waals surface area contributed by atoms with Crippen LogP contribution >= 0.6 is 0 Å². The molecule has 0 unspecified atom stereocenters. The molecule has 6 heteroatoms. The molecule has 0 aromatic heterocycles. The lowest BCUT2D eigenvalue weighted by molar-refractivity contribution is -0.115. The van der Waals surface area contributed by atoms with E-state index in [0.717, 1.165) is 29.3 Å². The molecule has 2 amide bonds.